The van der Waals surface area contributed by atoms with E-state index in [1.165, 1.54) is 0 Å². The molecule has 7 nitrogen and oxygen atoms in total. The van der Waals surface area contributed by atoms with Gasteiger partial charge in [0.1, 0.15) is 23.5 Å². The zero-order valence-corrected chi connectivity index (χ0v) is 21.0. The number of benzene rings is 1. The quantitative estimate of drug-likeness (QED) is 0.561. The SMILES string of the molecule is CC(C)(C)OC(=O)N[C@H](C(=O)N1CC=C[C@H]1c1ncc(-c2ccc(Br)cc2)[nH]1)C(C)(C)C. The van der Waals surface area contributed by atoms with Crippen LogP contribution in [0.1, 0.15) is 53.4 Å². The zero-order chi connectivity index (χ0) is 23.7. The number of amides is 2. The molecule has 0 aliphatic carbocycles. The van der Waals surface area contributed by atoms with Crippen molar-refractivity contribution in [1.29, 1.82) is 0 Å². The Kier molecular flexibility index (Phi) is 6.83. The number of alkyl carbamates (subject to hydrolysis) is 1. The number of hydrogen-bond acceptors (Lipinski definition) is 4. The topological polar surface area (TPSA) is 87.3 Å². The molecule has 1 aliphatic rings. The van der Waals surface area contributed by atoms with Crippen molar-refractivity contribution < 1.29 is 14.3 Å². The third kappa shape index (κ3) is 5.79. The molecule has 1 aromatic heterocycles. The second kappa shape index (κ2) is 9.10. The van der Waals surface area contributed by atoms with Crippen molar-refractivity contribution in [3.8, 4) is 11.3 Å². The number of aromatic amines is 1. The monoisotopic (exact) mass is 502 g/mol. The first-order chi connectivity index (χ1) is 14.8. The Morgan fingerprint density at radius 2 is 1.84 bits per heavy atom. The van der Waals surface area contributed by atoms with Crippen LogP contribution in [0.2, 0.25) is 0 Å². The summed E-state index contributed by atoms with van der Waals surface area (Å²) in [7, 11) is 0. The molecule has 0 unspecified atom stereocenters. The molecule has 2 heterocycles. The largest absolute Gasteiger partial charge is 0.444 e. The number of halogens is 1. The molecule has 2 aromatic rings. The summed E-state index contributed by atoms with van der Waals surface area (Å²) in [4.78, 5) is 35.6. The smallest absolute Gasteiger partial charge is 0.408 e. The molecular weight excluding hydrogens is 472 g/mol. The van der Waals surface area contributed by atoms with Crippen LogP contribution in [0.15, 0.2) is 47.1 Å². The number of ether oxygens (including phenoxy) is 1. The van der Waals surface area contributed by atoms with Crippen LogP contribution in [0.5, 0.6) is 0 Å². The Hall–Kier alpha value is -2.61. The van der Waals surface area contributed by atoms with Gasteiger partial charge in [-0.2, -0.15) is 0 Å². The molecule has 0 saturated heterocycles. The number of nitrogens with zero attached hydrogens (tertiary/aromatic N) is 2. The Morgan fingerprint density at radius 1 is 1.19 bits per heavy atom. The maximum absolute atomic E-state index is 13.6. The number of nitrogens with one attached hydrogen (secondary N) is 2. The van der Waals surface area contributed by atoms with E-state index in [0.29, 0.717) is 12.4 Å². The Bertz CT molecular complexity index is 999. The van der Waals surface area contributed by atoms with Gasteiger partial charge in [0.25, 0.3) is 0 Å². The van der Waals surface area contributed by atoms with Gasteiger partial charge in [0.2, 0.25) is 5.91 Å². The van der Waals surface area contributed by atoms with Gasteiger partial charge in [-0.15, -0.1) is 0 Å². The molecule has 1 aromatic carbocycles. The van der Waals surface area contributed by atoms with E-state index in [4.69, 9.17) is 4.74 Å². The van der Waals surface area contributed by atoms with Crippen molar-refractivity contribution in [3.63, 3.8) is 0 Å². The number of aromatic nitrogens is 2. The van der Waals surface area contributed by atoms with E-state index in [-0.39, 0.29) is 11.9 Å². The lowest BCUT2D eigenvalue weighted by Crippen LogP contribution is -2.55. The van der Waals surface area contributed by atoms with E-state index in [2.05, 4.69) is 31.2 Å². The normalized spacial score (nSPS) is 17.3. The van der Waals surface area contributed by atoms with Crippen LogP contribution in [0.4, 0.5) is 4.79 Å². The molecule has 0 radical (unpaired) electrons. The predicted molar refractivity (Wildman–Crippen MR) is 128 cm³/mol. The van der Waals surface area contributed by atoms with Crippen LogP contribution in [0.3, 0.4) is 0 Å². The van der Waals surface area contributed by atoms with Crippen LogP contribution in [0.25, 0.3) is 11.3 Å². The number of rotatable bonds is 4. The number of H-pyrrole nitrogens is 1. The lowest BCUT2D eigenvalue weighted by Gasteiger charge is -2.35. The summed E-state index contributed by atoms with van der Waals surface area (Å²) in [5.74, 6) is 0.495. The number of carbonyl (C=O) groups excluding carboxylic acids is 2. The van der Waals surface area contributed by atoms with Gasteiger partial charge in [0.05, 0.1) is 11.9 Å². The fourth-order valence-corrected chi connectivity index (χ4v) is 3.75. The first-order valence-corrected chi connectivity index (χ1v) is 11.4. The predicted octanol–water partition coefficient (Wildman–Crippen LogP) is 5.22. The molecule has 0 bridgehead atoms. The molecule has 1 aliphatic heterocycles. The van der Waals surface area contributed by atoms with E-state index in [1.54, 1.807) is 31.9 Å². The van der Waals surface area contributed by atoms with E-state index < -0.39 is 23.2 Å². The van der Waals surface area contributed by atoms with E-state index in [1.807, 2.05) is 57.2 Å². The van der Waals surface area contributed by atoms with Crippen molar-refractivity contribution in [3.05, 3.63) is 52.9 Å². The standard InChI is InChI=1S/C24H31BrN4O3/c1-23(2,3)19(28-22(31)32-24(4,5)6)21(30)29-13-7-8-18(29)20-26-14-17(27-20)15-9-11-16(25)12-10-15/h7-12,14,18-19H,13H2,1-6H3,(H,26,27)(H,28,31)/t18-,19+/m0/s1. The molecule has 0 fully saturated rings. The van der Waals surface area contributed by atoms with Gasteiger partial charge in [-0.25, -0.2) is 9.78 Å². The molecule has 2 atom stereocenters. The number of imidazole rings is 1. The maximum atomic E-state index is 13.6. The van der Waals surface area contributed by atoms with Gasteiger partial charge in [0, 0.05) is 11.0 Å². The van der Waals surface area contributed by atoms with Crippen LogP contribution in [-0.4, -0.2) is 45.1 Å². The molecule has 8 heteroatoms. The highest BCUT2D eigenvalue weighted by Crippen LogP contribution is 2.31. The average Bonchev–Trinajstić information content (AvgIpc) is 3.33. The minimum atomic E-state index is -0.749. The molecule has 2 N–H and O–H groups in total. The van der Waals surface area contributed by atoms with E-state index in [9.17, 15) is 9.59 Å². The highest BCUT2D eigenvalue weighted by Gasteiger charge is 2.40. The highest BCUT2D eigenvalue weighted by atomic mass is 79.9. The molecular formula is C24H31BrN4O3. The molecule has 3 rings (SSSR count). The van der Waals surface area contributed by atoms with Gasteiger partial charge in [-0.05, 0) is 43.9 Å². The summed E-state index contributed by atoms with van der Waals surface area (Å²) >= 11 is 3.45. The van der Waals surface area contributed by atoms with Crippen molar-refractivity contribution in [2.75, 3.05) is 6.54 Å². The fourth-order valence-electron chi connectivity index (χ4n) is 3.49. The first kappa shape index (κ1) is 24.0. The highest BCUT2D eigenvalue weighted by molar-refractivity contribution is 9.10. The maximum Gasteiger partial charge on any atom is 0.408 e. The zero-order valence-electron chi connectivity index (χ0n) is 19.4. The van der Waals surface area contributed by atoms with E-state index >= 15 is 0 Å². The third-order valence-corrected chi connectivity index (χ3v) is 5.57. The summed E-state index contributed by atoms with van der Waals surface area (Å²) in [6.07, 6.45) is 5.06. The summed E-state index contributed by atoms with van der Waals surface area (Å²) in [6.45, 7) is 11.6. The number of carbonyl (C=O) groups is 2. The average molecular weight is 503 g/mol. The van der Waals surface area contributed by atoms with Crippen molar-refractivity contribution in [2.45, 2.75) is 59.2 Å². The van der Waals surface area contributed by atoms with Crippen molar-refractivity contribution >= 4 is 27.9 Å². The molecule has 0 spiro atoms. The van der Waals surface area contributed by atoms with Gasteiger partial charge in [-0.3, -0.25) is 4.79 Å². The Balaban J connectivity index is 1.80. The minimum absolute atomic E-state index is 0.181. The number of hydrogen-bond donors (Lipinski definition) is 2. The second-order valence-electron chi connectivity index (χ2n) is 10.00. The summed E-state index contributed by atoms with van der Waals surface area (Å²) in [5.41, 5.74) is 0.725. The fraction of sp³-hybridized carbons (Fsp3) is 0.458. The lowest BCUT2D eigenvalue weighted by molar-refractivity contribution is -0.136. The second-order valence-corrected chi connectivity index (χ2v) is 10.9. The van der Waals surface area contributed by atoms with Crippen molar-refractivity contribution in [2.24, 2.45) is 5.41 Å². The van der Waals surface area contributed by atoms with Gasteiger partial charge in [-0.1, -0.05) is 61.0 Å². The molecule has 172 valence electrons. The van der Waals surface area contributed by atoms with Crippen molar-refractivity contribution in [1.82, 2.24) is 20.2 Å². The van der Waals surface area contributed by atoms with Crippen LogP contribution >= 0.6 is 15.9 Å². The van der Waals surface area contributed by atoms with Crippen LogP contribution in [0, 0.1) is 5.41 Å². The third-order valence-electron chi connectivity index (χ3n) is 5.04. The summed E-state index contributed by atoms with van der Waals surface area (Å²) < 4.78 is 6.39. The Labute approximate surface area is 197 Å². The summed E-state index contributed by atoms with van der Waals surface area (Å²) in [6, 6.07) is 6.84. The van der Waals surface area contributed by atoms with Gasteiger partial charge < -0.3 is 19.9 Å². The van der Waals surface area contributed by atoms with Gasteiger partial charge in [0.15, 0.2) is 0 Å². The lowest BCUT2D eigenvalue weighted by atomic mass is 9.85. The molecule has 32 heavy (non-hydrogen) atoms. The molecule has 0 saturated carbocycles. The van der Waals surface area contributed by atoms with Crippen LogP contribution < -0.4 is 5.32 Å². The summed E-state index contributed by atoms with van der Waals surface area (Å²) in [5, 5.41) is 2.78. The van der Waals surface area contributed by atoms with Gasteiger partial charge >= 0.3 is 6.09 Å². The first-order valence-electron chi connectivity index (χ1n) is 10.6. The Morgan fingerprint density at radius 3 is 2.44 bits per heavy atom. The minimum Gasteiger partial charge on any atom is -0.444 e. The van der Waals surface area contributed by atoms with Crippen LogP contribution in [-0.2, 0) is 9.53 Å². The van der Waals surface area contributed by atoms with E-state index in [0.717, 1.165) is 15.7 Å². The molecule has 2 amide bonds.